The summed E-state index contributed by atoms with van der Waals surface area (Å²) in [7, 11) is 0. The van der Waals surface area contributed by atoms with Crippen molar-refractivity contribution in [2.75, 3.05) is 19.6 Å². The zero-order valence-electron chi connectivity index (χ0n) is 21.5. The summed E-state index contributed by atoms with van der Waals surface area (Å²) in [6, 6.07) is -3.85. The number of nitrogens with one attached hydrogen (secondary N) is 3. The number of unbranched alkanes of at least 4 members (excludes halogenated alkanes) is 1. The van der Waals surface area contributed by atoms with Crippen molar-refractivity contribution in [1.29, 1.82) is 0 Å². The van der Waals surface area contributed by atoms with Gasteiger partial charge in [-0.15, -0.1) is 0 Å². The number of hydrogen-bond donors (Lipinski definition) is 8. The first kappa shape index (κ1) is 30.5. The zero-order chi connectivity index (χ0) is 28.1. The normalized spacial score (nSPS) is 17.3. The number of hydrogen-bond acceptors (Lipinski definition) is 8. The number of rotatable bonds is 16. The van der Waals surface area contributed by atoms with Crippen LogP contribution in [0.1, 0.15) is 50.6 Å². The molecule has 0 saturated carbocycles. The van der Waals surface area contributed by atoms with Crippen LogP contribution in [0.5, 0.6) is 0 Å². The van der Waals surface area contributed by atoms with Gasteiger partial charge in [-0.2, -0.15) is 0 Å². The number of carbonyl (C=O) groups is 4. The topological polar surface area (TPSA) is 261 Å². The van der Waals surface area contributed by atoms with E-state index in [0.717, 1.165) is 0 Å². The van der Waals surface area contributed by atoms with Gasteiger partial charge in [0, 0.05) is 31.4 Å². The van der Waals surface area contributed by atoms with Gasteiger partial charge in [-0.25, -0.2) is 9.78 Å². The molecule has 0 aliphatic carbocycles. The molecule has 1 aliphatic heterocycles. The Hall–Kier alpha value is -3.72. The quantitative estimate of drug-likeness (QED) is 0.0625. The van der Waals surface area contributed by atoms with E-state index >= 15 is 0 Å². The number of likely N-dealkylation sites (tertiary alicyclic amines) is 1. The molecule has 0 aromatic carbocycles. The average molecular weight is 537 g/mol. The highest BCUT2D eigenvalue weighted by atomic mass is 16.4. The number of carboxylic acid groups (broad SMARTS) is 1. The van der Waals surface area contributed by atoms with Crippen LogP contribution in [0, 0.1) is 0 Å². The van der Waals surface area contributed by atoms with Crippen molar-refractivity contribution in [2.24, 2.45) is 27.9 Å². The van der Waals surface area contributed by atoms with Gasteiger partial charge in [0.1, 0.15) is 18.1 Å². The fourth-order valence-corrected chi connectivity index (χ4v) is 4.29. The molecule has 0 radical (unpaired) electrons. The summed E-state index contributed by atoms with van der Waals surface area (Å²) in [4.78, 5) is 63.1. The van der Waals surface area contributed by atoms with E-state index < -0.39 is 47.9 Å². The van der Waals surface area contributed by atoms with Crippen LogP contribution in [0.4, 0.5) is 0 Å². The van der Waals surface area contributed by atoms with E-state index in [-0.39, 0.29) is 31.8 Å². The molecule has 1 fully saturated rings. The molecule has 1 saturated heterocycles. The van der Waals surface area contributed by atoms with Gasteiger partial charge >= 0.3 is 5.97 Å². The number of H-pyrrole nitrogens is 1. The number of carboxylic acids is 1. The molecule has 1 aromatic rings. The van der Waals surface area contributed by atoms with E-state index in [9.17, 15) is 24.3 Å². The Morgan fingerprint density at radius 3 is 2.53 bits per heavy atom. The number of nitrogens with two attached hydrogens (primary N) is 4. The highest BCUT2D eigenvalue weighted by Gasteiger charge is 2.39. The maximum absolute atomic E-state index is 13.6. The number of carbonyl (C=O) groups excluding carboxylic acids is 3. The standard InChI is InChI=1S/C23H40N10O5/c24-8-2-1-5-17(22(37)38)32-20(35)18-7-4-10-33(18)21(36)16(6-3-9-29-23(26)27)31-19(34)15(25)11-14-12-28-13-30-14/h12-13,15-18H,1-11,24-25H2,(H,28,30)(H,31,34)(H,32,35)(H,37,38)(H4,26,27,29). The second kappa shape index (κ2) is 15.5. The molecule has 0 spiro atoms. The number of imidazole rings is 1. The molecule has 12 N–H and O–H groups in total. The maximum Gasteiger partial charge on any atom is 0.326 e. The SMILES string of the molecule is NCCCCC(NC(=O)C1CCCN1C(=O)C(CCCN=C(N)N)NC(=O)C(N)Cc1cnc[nH]1)C(=O)O. The van der Waals surface area contributed by atoms with Crippen LogP contribution in [0.25, 0.3) is 0 Å². The van der Waals surface area contributed by atoms with Gasteiger partial charge in [0.25, 0.3) is 0 Å². The minimum Gasteiger partial charge on any atom is -0.480 e. The molecule has 15 nitrogen and oxygen atoms in total. The second-order valence-corrected chi connectivity index (χ2v) is 9.27. The average Bonchev–Trinajstić information content (AvgIpc) is 3.57. The monoisotopic (exact) mass is 536 g/mol. The van der Waals surface area contributed by atoms with E-state index in [4.69, 9.17) is 22.9 Å². The minimum atomic E-state index is -1.15. The third-order valence-electron chi connectivity index (χ3n) is 6.29. The van der Waals surface area contributed by atoms with Crippen molar-refractivity contribution >= 4 is 29.7 Å². The van der Waals surface area contributed by atoms with E-state index in [2.05, 4.69) is 25.6 Å². The molecule has 1 aromatic heterocycles. The molecule has 212 valence electrons. The van der Waals surface area contributed by atoms with E-state index in [1.165, 1.54) is 11.2 Å². The van der Waals surface area contributed by atoms with Crippen LogP contribution < -0.4 is 33.6 Å². The summed E-state index contributed by atoms with van der Waals surface area (Å²) in [5.41, 5.74) is 22.9. The lowest BCUT2D eigenvalue weighted by atomic mass is 10.1. The Morgan fingerprint density at radius 1 is 1.16 bits per heavy atom. The summed E-state index contributed by atoms with van der Waals surface area (Å²) in [6.45, 7) is 0.963. The Bertz CT molecular complexity index is 950. The van der Waals surface area contributed by atoms with Crippen LogP contribution in [-0.4, -0.2) is 93.4 Å². The molecule has 0 bridgehead atoms. The van der Waals surface area contributed by atoms with Crippen molar-refractivity contribution < 1.29 is 24.3 Å². The number of guanidine groups is 1. The number of nitrogens with zero attached hydrogens (tertiary/aromatic N) is 3. The van der Waals surface area contributed by atoms with Crippen LogP contribution >= 0.6 is 0 Å². The number of amides is 3. The molecule has 2 rings (SSSR count). The summed E-state index contributed by atoms with van der Waals surface area (Å²) < 4.78 is 0. The van der Waals surface area contributed by atoms with Gasteiger partial charge in [0.15, 0.2) is 5.96 Å². The lowest BCUT2D eigenvalue weighted by Crippen LogP contribution is -2.57. The van der Waals surface area contributed by atoms with Gasteiger partial charge in [-0.3, -0.25) is 19.4 Å². The van der Waals surface area contributed by atoms with E-state index in [1.54, 1.807) is 6.20 Å². The molecule has 4 unspecified atom stereocenters. The third kappa shape index (κ3) is 9.63. The number of aromatic nitrogens is 2. The first-order valence-corrected chi connectivity index (χ1v) is 12.8. The van der Waals surface area contributed by atoms with Gasteiger partial charge in [-0.05, 0) is 51.5 Å². The predicted octanol–water partition coefficient (Wildman–Crippen LogP) is -2.49. The van der Waals surface area contributed by atoms with Gasteiger partial charge in [-0.1, -0.05) is 0 Å². The lowest BCUT2D eigenvalue weighted by molar-refractivity contribution is -0.145. The van der Waals surface area contributed by atoms with Crippen molar-refractivity contribution in [3.63, 3.8) is 0 Å². The second-order valence-electron chi connectivity index (χ2n) is 9.27. The van der Waals surface area contributed by atoms with Crippen molar-refractivity contribution in [3.8, 4) is 0 Å². The molecular formula is C23H40N10O5. The third-order valence-corrected chi connectivity index (χ3v) is 6.29. The largest absolute Gasteiger partial charge is 0.480 e. The summed E-state index contributed by atoms with van der Waals surface area (Å²) >= 11 is 0. The smallest absolute Gasteiger partial charge is 0.326 e. The lowest BCUT2D eigenvalue weighted by Gasteiger charge is -2.30. The zero-order valence-corrected chi connectivity index (χ0v) is 21.5. The van der Waals surface area contributed by atoms with Crippen molar-refractivity contribution in [3.05, 3.63) is 18.2 Å². The fourth-order valence-electron chi connectivity index (χ4n) is 4.29. The van der Waals surface area contributed by atoms with E-state index in [0.29, 0.717) is 50.9 Å². The predicted molar refractivity (Wildman–Crippen MR) is 139 cm³/mol. The van der Waals surface area contributed by atoms with Crippen LogP contribution in [0.15, 0.2) is 17.5 Å². The summed E-state index contributed by atoms with van der Waals surface area (Å²) in [5, 5.41) is 14.8. The molecule has 38 heavy (non-hydrogen) atoms. The number of aliphatic carboxylic acids is 1. The van der Waals surface area contributed by atoms with Crippen molar-refractivity contribution in [2.45, 2.75) is 75.5 Å². The van der Waals surface area contributed by atoms with Crippen LogP contribution in [-0.2, 0) is 25.6 Å². The summed E-state index contributed by atoms with van der Waals surface area (Å²) in [5.74, 6) is -2.77. The van der Waals surface area contributed by atoms with Gasteiger partial charge in [0.2, 0.25) is 17.7 Å². The highest BCUT2D eigenvalue weighted by Crippen LogP contribution is 2.20. The Morgan fingerprint density at radius 2 is 1.89 bits per heavy atom. The first-order valence-electron chi connectivity index (χ1n) is 12.8. The fraction of sp³-hybridized carbons (Fsp3) is 0.652. The Kier molecular flexibility index (Phi) is 12.5. The maximum atomic E-state index is 13.6. The molecule has 1 aliphatic rings. The number of aliphatic imine (C=N–C) groups is 1. The van der Waals surface area contributed by atoms with Crippen LogP contribution in [0.2, 0.25) is 0 Å². The number of aromatic amines is 1. The summed E-state index contributed by atoms with van der Waals surface area (Å²) in [6.07, 6.45) is 6.16. The van der Waals surface area contributed by atoms with E-state index in [1.807, 2.05) is 0 Å². The first-order chi connectivity index (χ1) is 18.1. The van der Waals surface area contributed by atoms with Crippen LogP contribution in [0.3, 0.4) is 0 Å². The molecule has 15 heteroatoms. The molecule has 2 heterocycles. The Labute approximate surface area is 221 Å². The van der Waals surface area contributed by atoms with Gasteiger partial charge in [0.05, 0.1) is 12.4 Å². The van der Waals surface area contributed by atoms with Gasteiger partial charge < -0.3 is 48.6 Å². The molecular weight excluding hydrogens is 496 g/mol. The molecule has 4 atom stereocenters. The minimum absolute atomic E-state index is 0.0887. The molecule has 3 amide bonds. The van der Waals surface area contributed by atoms with Crippen molar-refractivity contribution in [1.82, 2.24) is 25.5 Å². The Balaban J connectivity index is 2.10. The highest BCUT2D eigenvalue weighted by molar-refractivity contribution is 5.94.